The maximum atomic E-state index is 15.2. The van der Waals surface area contributed by atoms with Crippen LogP contribution in [0.25, 0.3) is 11.1 Å². The van der Waals surface area contributed by atoms with Crippen LogP contribution in [0.1, 0.15) is 18.1 Å². The van der Waals surface area contributed by atoms with Crippen LogP contribution in [-0.2, 0) is 12.1 Å². The van der Waals surface area contributed by atoms with Gasteiger partial charge in [-0.2, -0.15) is 35.1 Å². The Bertz CT molecular complexity index is 951. The molecule has 166 valence electrons. The SMILES string of the molecule is CCc1cc(Br)c(-c2ccc(F)cc2Cl)c(C(F)(C(F)(F)F)C(F)(F)C(F)(F)F)c1. The van der Waals surface area contributed by atoms with Gasteiger partial charge in [0.15, 0.2) is 0 Å². The first-order valence-corrected chi connectivity index (χ1v) is 9.14. The fourth-order valence-electron chi connectivity index (χ4n) is 2.80. The summed E-state index contributed by atoms with van der Waals surface area (Å²) < 4.78 is 136. The molecule has 2 aromatic carbocycles. The van der Waals surface area contributed by atoms with Gasteiger partial charge in [0.2, 0.25) is 0 Å². The summed E-state index contributed by atoms with van der Waals surface area (Å²) in [5.41, 5.74) is -9.92. The van der Waals surface area contributed by atoms with E-state index in [-0.39, 0.29) is 18.1 Å². The lowest BCUT2D eigenvalue weighted by Crippen LogP contribution is -2.60. The number of benzene rings is 2. The molecule has 0 bridgehead atoms. The van der Waals surface area contributed by atoms with Crippen LogP contribution in [0.4, 0.5) is 43.9 Å². The highest BCUT2D eigenvalue weighted by Crippen LogP contribution is 2.60. The van der Waals surface area contributed by atoms with Gasteiger partial charge in [-0.05, 0) is 36.2 Å². The highest BCUT2D eigenvalue weighted by atomic mass is 79.9. The van der Waals surface area contributed by atoms with Gasteiger partial charge in [-0.25, -0.2) is 8.78 Å². The maximum absolute atomic E-state index is 15.2. The average molecular weight is 532 g/mol. The third-order valence-electron chi connectivity index (χ3n) is 4.31. The van der Waals surface area contributed by atoms with Crippen LogP contribution in [0.3, 0.4) is 0 Å². The molecule has 0 radical (unpaired) electrons. The fourth-order valence-corrected chi connectivity index (χ4v) is 3.78. The van der Waals surface area contributed by atoms with Crippen molar-refractivity contribution < 1.29 is 43.9 Å². The highest BCUT2D eigenvalue weighted by Gasteiger charge is 2.82. The van der Waals surface area contributed by atoms with Gasteiger partial charge < -0.3 is 0 Å². The quantitative estimate of drug-likeness (QED) is 0.348. The van der Waals surface area contributed by atoms with E-state index >= 15 is 4.39 Å². The van der Waals surface area contributed by atoms with Crippen molar-refractivity contribution in [1.82, 2.24) is 0 Å². The summed E-state index contributed by atoms with van der Waals surface area (Å²) in [4.78, 5) is 0. The van der Waals surface area contributed by atoms with Gasteiger partial charge in [-0.3, -0.25) is 0 Å². The number of hydrogen-bond donors (Lipinski definition) is 0. The number of alkyl halides is 9. The molecular weight excluding hydrogens is 522 g/mol. The second-order valence-electron chi connectivity index (χ2n) is 6.21. The fraction of sp³-hybridized carbons (Fsp3) is 0.333. The first-order valence-electron chi connectivity index (χ1n) is 7.97. The maximum Gasteiger partial charge on any atom is 0.457 e. The standard InChI is InChI=1S/C18H10BrClF10/c1-2-8-5-11(15(22,17(25,26)27)16(23,24)18(28,29)30)14(12(19)6-8)10-4-3-9(21)7-13(10)20/h3-7H,2H2,1H3. The zero-order valence-electron chi connectivity index (χ0n) is 14.6. The molecule has 0 amide bonds. The molecular formula is C18H10BrClF10. The van der Waals surface area contributed by atoms with Crippen molar-refractivity contribution >= 4 is 27.5 Å². The van der Waals surface area contributed by atoms with Crippen molar-refractivity contribution in [2.45, 2.75) is 37.3 Å². The Kier molecular flexibility index (Phi) is 6.51. The Labute approximate surface area is 177 Å². The zero-order chi connectivity index (χ0) is 23.3. The van der Waals surface area contributed by atoms with E-state index in [1.807, 2.05) is 0 Å². The Morgan fingerprint density at radius 3 is 1.87 bits per heavy atom. The third-order valence-corrected chi connectivity index (χ3v) is 5.25. The molecule has 0 aliphatic heterocycles. The Morgan fingerprint density at radius 2 is 1.43 bits per heavy atom. The van der Waals surface area contributed by atoms with Crippen LogP contribution >= 0.6 is 27.5 Å². The summed E-state index contributed by atoms with van der Waals surface area (Å²) in [5.74, 6) is -7.82. The van der Waals surface area contributed by atoms with Crippen molar-refractivity contribution in [3.63, 3.8) is 0 Å². The second-order valence-corrected chi connectivity index (χ2v) is 7.47. The molecule has 0 aliphatic carbocycles. The van der Waals surface area contributed by atoms with Gasteiger partial charge in [0.25, 0.3) is 0 Å². The van der Waals surface area contributed by atoms with Gasteiger partial charge in [-0.15, -0.1) is 0 Å². The van der Waals surface area contributed by atoms with Crippen molar-refractivity contribution in [3.05, 3.63) is 56.8 Å². The van der Waals surface area contributed by atoms with Crippen molar-refractivity contribution in [2.24, 2.45) is 0 Å². The highest BCUT2D eigenvalue weighted by molar-refractivity contribution is 9.10. The van der Waals surface area contributed by atoms with Gasteiger partial charge in [0.1, 0.15) is 5.82 Å². The predicted molar refractivity (Wildman–Crippen MR) is 93.8 cm³/mol. The molecule has 0 nitrogen and oxygen atoms in total. The molecule has 0 spiro atoms. The van der Waals surface area contributed by atoms with E-state index in [0.717, 1.165) is 12.1 Å². The van der Waals surface area contributed by atoms with Gasteiger partial charge in [0, 0.05) is 21.2 Å². The molecule has 0 aromatic heterocycles. The lowest BCUT2D eigenvalue weighted by molar-refractivity contribution is -0.389. The van der Waals surface area contributed by atoms with Crippen LogP contribution < -0.4 is 0 Å². The molecule has 2 rings (SSSR count). The normalized spacial score (nSPS) is 15.2. The summed E-state index contributed by atoms with van der Waals surface area (Å²) in [6.07, 6.45) is -13.7. The van der Waals surface area contributed by atoms with E-state index in [1.165, 1.54) is 6.92 Å². The summed E-state index contributed by atoms with van der Waals surface area (Å²) in [6, 6.07) is 3.40. The molecule has 1 atom stereocenters. The van der Waals surface area contributed by atoms with Crippen LogP contribution in [-0.4, -0.2) is 18.3 Å². The van der Waals surface area contributed by atoms with E-state index < -0.39 is 55.9 Å². The lowest BCUT2D eigenvalue weighted by atomic mass is 9.81. The van der Waals surface area contributed by atoms with Crippen LogP contribution in [0.15, 0.2) is 34.8 Å². The number of rotatable bonds is 4. The summed E-state index contributed by atoms with van der Waals surface area (Å²) in [6.45, 7) is 1.37. The minimum Gasteiger partial charge on any atom is -0.221 e. The van der Waals surface area contributed by atoms with E-state index in [4.69, 9.17) is 11.6 Å². The Hall–Kier alpha value is -1.49. The topological polar surface area (TPSA) is 0 Å². The molecule has 1 unspecified atom stereocenters. The average Bonchev–Trinajstić information content (AvgIpc) is 2.59. The molecule has 0 aliphatic rings. The van der Waals surface area contributed by atoms with Gasteiger partial charge in [0.05, 0.1) is 5.02 Å². The summed E-state index contributed by atoms with van der Waals surface area (Å²) in [5, 5.41) is -0.624. The first kappa shape index (κ1) is 24.8. The summed E-state index contributed by atoms with van der Waals surface area (Å²) >= 11 is 8.57. The van der Waals surface area contributed by atoms with E-state index in [0.29, 0.717) is 12.1 Å². The largest absolute Gasteiger partial charge is 0.457 e. The monoisotopic (exact) mass is 530 g/mol. The second kappa shape index (κ2) is 7.89. The smallest absolute Gasteiger partial charge is 0.221 e. The van der Waals surface area contributed by atoms with Gasteiger partial charge in [-0.1, -0.05) is 40.5 Å². The molecule has 0 fully saturated rings. The van der Waals surface area contributed by atoms with E-state index in [2.05, 4.69) is 15.9 Å². The lowest BCUT2D eigenvalue weighted by Gasteiger charge is -2.37. The van der Waals surface area contributed by atoms with Crippen molar-refractivity contribution in [2.75, 3.05) is 0 Å². The van der Waals surface area contributed by atoms with Crippen molar-refractivity contribution in [1.29, 1.82) is 0 Å². The Balaban J connectivity index is 3.07. The number of aryl methyl sites for hydroxylation is 1. The first-order chi connectivity index (χ1) is 13.5. The van der Waals surface area contributed by atoms with Gasteiger partial charge >= 0.3 is 23.9 Å². The molecule has 30 heavy (non-hydrogen) atoms. The predicted octanol–water partition coefficient (Wildman–Crippen LogP) is 8.40. The number of hydrogen-bond acceptors (Lipinski definition) is 0. The minimum absolute atomic E-state index is 0.117. The van der Waals surface area contributed by atoms with Crippen LogP contribution in [0.2, 0.25) is 5.02 Å². The van der Waals surface area contributed by atoms with Crippen LogP contribution in [0, 0.1) is 5.82 Å². The molecule has 12 heteroatoms. The molecule has 0 saturated heterocycles. The van der Waals surface area contributed by atoms with Crippen molar-refractivity contribution in [3.8, 4) is 11.1 Å². The van der Waals surface area contributed by atoms with E-state index in [9.17, 15) is 39.5 Å². The molecule has 2 aromatic rings. The van der Waals surface area contributed by atoms with Crippen LogP contribution in [0.5, 0.6) is 0 Å². The minimum atomic E-state index is -6.88. The zero-order valence-corrected chi connectivity index (χ0v) is 17.0. The molecule has 0 heterocycles. The number of halogens is 12. The molecule has 0 saturated carbocycles. The Morgan fingerprint density at radius 1 is 0.867 bits per heavy atom. The third kappa shape index (κ3) is 3.90. The van der Waals surface area contributed by atoms with E-state index in [1.54, 1.807) is 0 Å². The molecule has 0 N–H and O–H groups in total. The summed E-state index contributed by atoms with van der Waals surface area (Å²) in [7, 11) is 0.